The molecule has 1 aliphatic heterocycles. The lowest BCUT2D eigenvalue weighted by Gasteiger charge is -1.99. The summed E-state index contributed by atoms with van der Waals surface area (Å²) in [5, 5.41) is 3.18. The summed E-state index contributed by atoms with van der Waals surface area (Å²) in [5.41, 5.74) is 6.65. The van der Waals surface area contributed by atoms with Gasteiger partial charge in [-0.2, -0.15) is 0 Å². The van der Waals surface area contributed by atoms with E-state index < -0.39 is 5.91 Å². The fourth-order valence-corrected chi connectivity index (χ4v) is 1.20. The smallest absolute Gasteiger partial charge is 0.248 e. The van der Waals surface area contributed by atoms with Crippen molar-refractivity contribution in [2.75, 3.05) is 6.54 Å². The molecule has 0 saturated carbocycles. The molecule has 0 bridgehead atoms. The van der Waals surface area contributed by atoms with E-state index in [9.17, 15) is 4.79 Å². The summed E-state index contributed by atoms with van der Waals surface area (Å²) < 4.78 is 0. The highest BCUT2D eigenvalue weighted by atomic mass is 16.1. The monoisotopic (exact) mass is 192 g/mol. The van der Waals surface area contributed by atoms with Crippen LogP contribution in [0.5, 0.6) is 0 Å². The number of rotatable bonds is 5. The van der Waals surface area contributed by atoms with Crippen molar-refractivity contribution in [3.8, 4) is 0 Å². The van der Waals surface area contributed by atoms with Gasteiger partial charge >= 0.3 is 0 Å². The molecule has 1 aliphatic rings. The Balaban J connectivity index is 2.59. The average molecular weight is 192 g/mol. The Morgan fingerprint density at radius 1 is 1.71 bits per heavy atom. The van der Waals surface area contributed by atoms with Crippen LogP contribution in [0.2, 0.25) is 0 Å². The van der Waals surface area contributed by atoms with E-state index in [2.05, 4.69) is 11.9 Å². The molecule has 3 nitrogen and oxygen atoms in total. The fourth-order valence-electron chi connectivity index (χ4n) is 1.20. The Hall–Kier alpha value is -1.35. The minimum Gasteiger partial charge on any atom is -0.366 e. The molecule has 0 radical (unpaired) electrons. The zero-order valence-corrected chi connectivity index (χ0v) is 8.42. The van der Waals surface area contributed by atoms with E-state index in [4.69, 9.17) is 5.73 Å². The molecule has 1 unspecified atom stereocenters. The van der Waals surface area contributed by atoms with Crippen LogP contribution in [-0.4, -0.2) is 18.5 Å². The van der Waals surface area contributed by atoms with Gasteiger partial charge in [0.1, 0.15) is 0 Å². The minimum absolute atomic E-state index is 0.409. The van der Waals surface area contributed by atoms with Crippen LogP contribution >= 0.6 is 0 Å². The zero-order chi connectivity index (χ0) is 10.6. The summed E-state index contributed by atoms with van der Waals surface area (Å²) in [5.74, 6) is -0.409. The first kappa shape index (κ1) is 10.7. The Bertz CT molecular complexity index is 298. The number of nitrogens with two attached hydrogens (primary N) is 1. The van der Waals surface area contributed by atoms with E-state index in [1.165, 1.54) is 0 Å². The lowest BCUT2D eigenvalue weighted by atomic mass is 10.1. The first-order chi connectivity index (χ1) is 6.63. The normalized spacial score (nSPS) is 21.2. The van der Waals surface area contributed by atoms with Gasteiger partial charge in [0, 0.05) is 18.2 Å². The molecule has 14 heavy (non-hydrogen) atoms. The van der Waals surface area contributed by atoms with E-state index in [1.807, 2.05) is 6.92 Å². The predicted molar refractivity (Wildman–Crippen MR) is 57.6 cm³/mol. The molecular weight excluding hydrogens is 176 g/mol. The largest absolute Gasteiger partial charge is 0.366 e. The Morgan fingerprint density at radius 3 is 2.79 bits per heavy atom. The molecule has 3 N–H and O–H groups in total. The van der Waals surface area contributed by atoms with Gasteiger partial charge < -0.3 is 11.1 Å². The van der Waals surface area contributed by atoms with E-state index in [1.54, 1.807) is 18.2 Å². The SMILES string of the molecule is C=C(C=C(C=CC)C(N)=O)CC1CN1. The molecule has 0 aromatic heterocycles. The minimum atomic E-state index is -0.409. The molecule has 1 rings (SSSR count). The summed E-state index contributed by atoms with van der Waals surface area (Å²) in [6, 6.07) is 0.540. The third kappa shape index (κ3) is 3.58. The van der Waals surface area contributed by atoms with E-state index >= 15 is 0 Å². The quantitative estimate of drug-likeness (QED) is 0.386. The maximum atomic E-state index is 11.0. The maximum Gasteiger partial charge on any atom is 0.248 e. The van der Waals surface area contributed by atoms with Gasteiger partial charge in [-0.1, -0.05) is 24.3 Å². The van der Waals surface area contributed by atoms with Crippen LogP contribution in [0.4, 0.5) is 0 Å². The number of carbonyl (C=O) groups excluding carboxylic acids is 1. The highest BCUT2D eigenvalue weighted by Gasteiger charge is 2.19. The molecule has 1 atom stereocenters. The van der Waals surface area contributed by atoms with Crippen LogP contribution in [0.3, 0.4) is 0 Å². The van der Waals surface area contributed by atoms with Gasteiger partial charge in [-0.3, -0.25) is 4.79 Å². The first-order valence-corrected chi connectivity index (χ1v) is 4.69. The first-order valence-electron chi connectivity index (χ1n) is 4.69. The molecule has 1 heterocycles. The molecule has 76 valence electrons. The molecule has 0 spiro atoms. The van der Waals surface area contributed by atoms with Crippen molar-refractivity contribution in [2.24, 2.45) is 5.73 Å². The third-order valence-corrected chi connectivity index (χ3v) is 1.99. The molecule has 1 amide bonds. The zero-order valence-electron chi connectivity index (χ0n) is 8.42. The van der Waals surface area contributed by atoms with Crippen molar-refractivity contribution in [3.05, 3.63) is 36.0 Å². The van der Waals surface area contributed by atoms with Crippen LogP contribution in [0, 0.1) is 0 Å². The van der Waals surface area contributed by atoms with Gasteiger partial charge in [0.05, 0.1) is 0 Å². The Labute approximate surface area is 84.4 Å². The number of amides is 1. The molecule has 0 aromatic carbocycles. The summed E-state index contributed by atoms with van der Waals surface area (Å²) in [7, 11) is 0. The Morgan fingerprint density at radius 2 is 2.36 bits per heavy atom. The Kier molecular flexibility index (Phi) is 3.65. The number of nitrogens with one attached hydrogen (secondary N) is 1. The van der Waals surface area contributed by atoms with Crippen molar-refractivity contribution in [3.63, 3.8) is 0 Å². The van der Waals surface area contributed by atoms with Crippen LogP contribution in [0.25, 0.3) is 0 Å². The number of allylic oxidation sites excluding steroid dienone is 2. The van der Waals surface area contributed by atoms with Gasteiger partial charge in [-0.05, 0) is 19.4 Å². The second-order valence-electron chi connectivity index (χ2n) is 3.43. The van der Waals surface area contributed by atoms with Crippen molar-refractivity contribution < 1.29 is 4.79 Å². The highest BCUT2D eigenvalue weighted by molar-refractivity contribution is 5.95. The lowest BCUT2D eigenvalue weighted by molar-refractivity contribution is -0.114. The van der Waals surface area contributed by atoms with Crippen molar-refractivity contribution in [2.45, 2.75) is 19.4 Å². The lowest BCUT2D eigenvalue weighted by Crippen LogP contribution is -2.12. The second kappa shape index (κ2) is 4.77. The van der Waals surface area contributed by atoms with Crippen molar-refractivity contribution in [1.82, 2.24) is 5.32 Å². The van der Waals surface area contributed by atoms with Gasteiger partial charge in [-0.25, -0.2) is 0 Å². The summed E-state index contributed by atoms with van der Waals surface area (Å²) in [4.78, 5) is 11.0. The third-order valence-electron chi connectivity index (χ3n) is 1.99. The van der Waals surface area contributed by atoms with Crippen LogP contribution < -0.4 is 11.1 Å². The van der Waals surface area contributed by atoms with E-state index in [0.29, 0.717) is 11.6 Å². The van der Waals surface area contributed by atoms with E-state index in [0.717, 1.165) is 18.5 Å². The molecule has 1 saturated heterocycles. The number of hydrogen-bond acceptors (Lipinski definition) is 2. The predicted octanol–water partition coefficient (Wildman–Crippen LogP) is 0.892. The van der Waals surface area contributed by atoms with Gasteiger partial charge in [0.2, 0.25) is 5.91 Å². The average Bonchev–Trinajstić information content (AvgIpc) is 2.87. The van der Waals surface area contributed by atoms with Crippen molar-refractivity contribution >= 4 is 5.91 Å². The van der Waals surface area contributed by atoms with Crippen molar-refractivity contribution in [1.29, 1.82) is 0 Å². The summed E-state index contributed by atoms with van der Waals surface area (Å²) >= 11 is 0. The maximum absolute atomic E-state index is 11.0. The highest BCUT2D eigenvalue weighted by Crippen LogP contribution is 2.13. The van der Waals surface area contributed by atoms with Crippen LogP contribution in [-0.2, 0) is 4.79 Å². The number of carbonyl (C=O) groups is 1. The standard InChI is InChI=1S/C11H16N2O/c1-3-4-9(11(12)14)5-8(2)6-10-7-13-10/h3-5,10,13H,2,6-7H2,1H3,(H2,12,14). The molecular formula is C11H16N2O. The molecule has 3 heteroatoms. The summed E-state index contributed by atoms with van der Waals surface area (Å²) in [6.07, 6.45) is 6.13. The molecule has 0 aromatic rings. The second-order valence-corrected chi connectivity index (χ2v) is 3.43. The topological polar surface area (TPSA) is 65.0 Å². The fraction of sp³-hybridized carbons (Fsp3) is 0.364. The van der Waals surface area contributed by atoms with Gasteiger partial charge in [0.15, 0.2) is 0 Å². The van der Waals surface area contributed by atoms with Crippen LogP contribution in [0.15, 0.2) is 36.0 Å². The number of hydrogen-bond donors (Lipinski definition) is 2. The summed E-state index contributed by atoms with van der Waals surface area (Å²) in [6.45, 7) is 6.77. The van der Waals surface area contributed by atoms with E-state index in [-0.39, 0.29) is 0 Å². The van der Waals surface area contributed by atoms with Gasteiger partial charge in [-0.15, -0.1) is 0 Å². The molecule has 1 fully saturated rings. The molecule has 0 aliphatic carbocycles. The number of primary amides is 1. The van der Waals surface area contributed by atoms with Crippen LogP contribution in [0.1, 0.15) is 13.3 Å². The van der Waals surface area contributed by atoms with Gasteiger partial charge in [0.25, 0.3) is 0 Å².